The molecule has 0 spiro atoms. The third kappa shape index (κ3) is 6.04. The Kier molecular flexibility index (Phi) is 9.11. The highest BCUT2D eigenvalue weighted by Crippen LogP contribution is 2.27. The maximum atomic E-state index is 14.7. The van der Waals surface area contributed by atoms with Crippen LogP contribution in [0.1, 0.15) is 60.9 Å². The van der Waals surface area contributed by atoms with Crippen molar-refractivity contribution in [2.24, 2.45) is 0 Å². The van der Waals surface area contributed by atoms with Crippen LogP contribution >= 0.6 is 22.7 Å². The Bertz CT molecular complexity index is 1620. The molecule has 6 heterocycles. The lowest BCUT2D eigenvalue weighted by Crippen LogP contribution is -2.27. The number of benzene rings is 2. The Labute approximate surface area is 260 Å². The number of hydrogen-bond donors (Lipinski definition) is 4. The van der Waals surface area contributed by atoms with Crippen molar-refractivity contribution in [1.29, 1.82) is 0 Å². The quantitative estimate of drug-likeness (QED) is 0.155. The molecule has 0 saturated heterocycles. The van der Waals surface area contributed by atoms with Crippen LogP contribution in [0.15, 0.2) is 24.3 Å². The van der Waals surface area contributed by atoms with Gasteiger partial charge in [-0.05, 0) is 24.3 Å². The van der Waals surface area contributed by atoms with Gasteiger partial charge in [-0.15, -0.1) is 22.7 Å². The van der Waals surface area contributed by atoms with Crippen molar-refractivity contribution in [3.63, 3.8) is 0 Å². The second kappa shape index (κ2) is 12.9. The van der Waals surface area contributed by atoms with Crippen molar-refractivity contribution >= 4 is 46.3 Å². The highest BCUT2D eigenvalue weighted by molar-refractivity contribution is 7.16. The fourth-order valence-electron chi connectivity index (χ4n) is 4.25. The minimum absolute atomic E-state index is 0.231. The Morgan fingerprint density at radius 3 is 0.717 bits per heavy atom. The molecule has 4 aliphatic heterocycles. The molecule has 0 aliphatic carbocycles. The molecule has 8 bridgehead atoms. The zero-order chi connectivity index (χ0) is 33.4. The van der Waals surface area contributed by atoms with Crippen LogP contribution in [0.2, 0.25) is 0 Å². The maximum Gasteiger partial charge on any atom is 0.261 e. The van der Waals surface area contributed by atoms with E-state index < -0.39 is 119 Å². The third-order valence-corrected chi connectivity index (χ3v) is 8.87. The molecule has 0 saturated carbocycles. The molecule has 4 aromatic rings. The fraction of sp³-hybridized carbons (Fsp3) is 0.143. The lowest BCUT2D eigenvalue weighted by Gasteiger charge is -2.13. The largest absolute Gasteiger partial charge is 0.347 e. The first-order valence-electron chi connectivity index (χ1n) is 12.8. The first kappa shape index (κ1) is 32.6. The van der Waals surface area contributed by atoms with E-state index in [4.69, 9.17) is 0 Å². The smallest absolute Gasteiger partial charge is 0.261 e. The number of amides is 4. The Morgan fingerprint density at radius 1 is 0.370 bits per heavy atom. The molecule has 0 radical (unpaired) electrons. The van der Waals surface area contributed by atoms with Crippen LogP contribution in [-0.4, -0.2) is 23.6 Å². The van der Waals surface area contributed by atoms with Crippen molar-refractivity contribution in [1.82, 2.24) is 21.3 Å². The van der Waals surface area contributed by atoms with Gasteiger partial charge in [-0.3, -0.25) is 19.2 Å². The van der Waals surface area contributed by atoms with Crippen LogP contribution in [0.3, 0.4) is 0 Å². The first-order valence-corrected chi connectivity index (χ1v) is 14.4. The van der Waals surface area contributed by atoms with E-state index in [1.807, 2.05) is 21.3 Å². The molecule has 46 heavy (non-hydrogen) atoms. The van der Waals surface area contributed by atoms with Crippen LogP contribution in [0, 0.1) is 46.5 Å². The minimum atomic E-state index is -1.84. The minimum Gasteiger partial charge on any atom is -0.347 e. The average molecular weight is 689 g/mol. The number of carbonyl (C=O) groups excluding carboxylic acids is 4. The predicted molar refractivity (Wildman–Crippen MR) is 146 cm³/mol. The second-order valence-electron chi connectivity index (χ2n) is 9.48. The summed E-state index contributed by atoms with van der Waals surface area (Å²) in [6, 6.07) is 4.34. The summed E-state index contributed by atoms with van der Waals surface area (Å²) in [5.74, 6) is -18.8. The van der Waals surface area contributed by atoms with Gasteiger partial charge in [-0.2, -0.15) is 0 Å². The molecule has 0 atom stereocenters. The molecule has 2 aromatic carbocycles. The van der Waals surface area contributed by atoms with E-state index in [2.05, 4.69) is 0 Å². The van der Waals surface area contributed by atoms with Gasteiger partial charge >= 0.3 is 0 Å². The molecule has 8 nitrogen and oxygen atoms in total. The summed E-state index contributed by atoms with van der Waals surface area (Å²) >= 11 is 0.997. The second-order valence-corrected chi connectivity index (χ2v) is 11.7. The van der Waals surface area contributed by atoms with E-state index in [0.717, 1.165) is 24.3 Å². The van der Waals surface area contributed by atoms with E-state index in [-0.39, 0.29) is 19.5 Å². The van der Waals surface area contributed by atoms with E-state index in [0.29, 0.717) is 22.7 Å². The topological polar surface area (TPSA) is 116 Å². The van der Waals surface area contributed by atoms with Crippen LogP contribution in [-0.2, 0) is 26.2 Å². The van der Waals surface area contributed by atoms with Crippen LogP contribution in [0.5, 0.6) is 0 Å². The number of rotatable bonds is 0. The van der Waals surface area contributed by atoms with Gasteiger partial charge in [0, 0.05) is 48.4 Å². The highest BCUT2D eigenvalue weighted by Gasteiger charge is 2.28. The zero-order valence-electron chi connectivity index (χ0n) is 22.6. The first-order chi connectivity index (χ1) is 21.8. The predicted octanol–water partition coefficient (Wildman–Crippen LogP) is 4.96. The Hall–Kier alpha value is -4.84. The summed E-state index contributed by atoms with van der Waals surface area (Å²) in [5, 5.41) is 8.18. The molecule has 4 amide bonds. The van der Waals surface area contributed by atoms with E-state index in [1.54, 1.807) is 0 Å². The normalized spacial score (nSPS) is 14.6. The summed E-state index contributed by atoms with van der Waals surface area (Å²) in [6.07, 6.45) is 0. The molecular weight excluding hydrogens is 672 g/mol. The zero-order valence-corrected chi connectivity index (χ0v) is 24.2. The number of hydrogen-bond acceptors (Lipinski definition) is 6. The monoisotopic (exact) mass is 688 g/mol. The van der Waals surface area contributed by atoms with Crippen LogP contribution < -0.4 is 21.3 Å². The van der Waals surface area contributed by atoms with Crippen molar-refractivity contribution in [2.45, 2.75) is 26.2 Å². The Morgan fingerprint density at radius 2 is 0.543 bits per heavy atom. The van der Waals surface area contributed by atoms with Gasteiger partial charge in [0.25, 0.3) is 23.6 Å². The lowest BCUT2D eigenvalue weighted by atomic mass is 10.1. The van der Waals surface area contributed by atoms with E-state index in [9.17, 15) is 54.3 Å². The molecule has 2 aromatic heterocycles. The van der Waals surface area contributed by atoms with Crippen molar-refractivity contribution < 1.29 is 54.3 Å². The van der Waals surface area contributed by atoms with Gasteiger partial charge in [0.05, 0.1) is 19.5 Å². The summed E-state index contributed by atoms with van der Waals surface area (Å²) < 4.78 is 118. The molecule has 8 rings (SSSR count). The van der Waals surface area contributed by atoms with Gasteiger partial charge in [-0.1, -0.05) is 0 Å². The summed E-state index contributed by atoms with van der Waals surface area (Å²) in [7, 11) is 0. The standard InChI is InChI=1S/C28H16F8N4O4S2/c29-17-9-5-37-25(41)13-1-2-14(45-13)26(42)38-6-10-19(31)23(35)12(24(36)20(10)32)8-40-28(44)16-4-3-15(46-16)27(43)39-7-11(21(17)33)22(34)18(9)30/h1-4H,5-8H2,(H,37,41)(H,38,42)(H,39,43)(H,40,44). The van der Waals surface area contributed by atoms with Gasteiger partial charge < -0.3 is 21.3 Å². The Balaban J connectivity index is 1.49. The lowest BCUT2D eigenvalue weighted by molar-refractivity contribution is 0.0943. The van der Waals surface area contributed by atoms with Crippen molar-refractivity contribution in [2.75, 3.05) is 0 Å². The van der Waals surface area contributed by atoms with Crippen LogP contribution in [0.4, 0.5) is 35.1 Å². The number of halogens is 8. The fourth-order valence-corrected chi connectivity index (χ4v) is 5.93. The maximum absolute atomic E-state index is 14.7. The molecule has 18 heteroatoms. The summed E-state index contributed by atoms with van der Waals surface area (Å²) in [4.78, 5) is 49.2. The molecule has 4 aliphatic rings. The molecule has 4 N–H and O–H groups in total. The number of nitrogens with one attached hydrogen (secondary N) is 4. The number of carbonyl (C=O) groups is 4. The van der Waals surface area contributed by atoms with Gasteiger partial charge in [0.1, 0.15) is 0 Å². The van der Waals surface area contributed by atoms with Gasteiger partial charge in [0.15, 0.2) is 46.5 Å². The average Bonchev–Trinajstić information content (AvgIpc) is 3.73. The highest BCUT2D eigenvalue weighted by atomic mass is 32.1. The molecule has 0 fully saturated rings. The van der Waals surface area contributed by atoms with Crippen LogP contribution in [0.25, 0.3) is 0 Å². The molecule has 0 unspecified atom stereocenters. The van der Waals surface area contributed by atoms with E-state index >= 15 is 0 Å². The SMILES string of the molecule is O=C1NCc2c(F)c(F)c(c(F)c2F)CNC(=O)c2ccc(s2)C(=O)NCc2c(F)c(F)c(c(F)c2F)CNC(=O)c2ccc1s2. The summed E-state index contributed by atoms with van der Waals surface area (Å²) in [5.41, 5.74) is -4.73. The molecule has 240 valence electrons. The van der Waals surface area contributed by atoms with E-state index in [1.165, 1.54) is 0 Å². The van der Waals surface area contributed by atoms with Gasteiger partial charge in [0.2, 0.25) is 0 Å². The van der Waals surface area contributed by atoms with Crippen molar-refractivity contribution in [3.8, 4) is 0 Å². The molecular formula is C28H16F8N4O4S2. The number of thiophene rings is 2. The van der Waals surface area contributed by atoms with Crippen molar-refractivity contribution in [3.05, 3.63) is 113 Å². The van der Waals surface area contributed by atoms with Gasteiger partial charge in [-0.25, -0.2) is 35.1 Å². The third-order valence-electron chi connectivity index (χ3n) is 6.70. The summed E-state index contributed by atoms with van der Waals surface area (Å²) in [6.45, 7) is -4.16.